The highest BCUT2D eigenvalue weighted by Crippen LogP contribution is 2.05. The lowest BCUT2D eigenvalue weighted by atomic mass is 10.1. The van der Waals surface area contributed by atoms with Crippen molar-refractivity contribution in [3.63, 3.8) is 0 Å². The van der Waals surface area contributed by atoms with E-state index in [-0.39, 0.29) is 0 Å². The first kappa shape index (κ1) is 17.5. The van der Waals surface area contributed by atoms with Crippen LogP contribution in [0.5, 0.6) is 0 Å². The van der Waals surface area contributed by atoms with Crippen LogP contribution in [0.15, 0.2) is 49.6 Å². The van der Waals surface area contributed by atoms with Crippen molar-refractivity contribution in [1.29, 1.82) is 0 Å². The fourth-order valence-electron chi connectivity index (χ4n) is 1.98. The van der Waals surface area contributed by atoms with Crippen LogP contribution in [-0.2, 0) is 17.4 Å². The van der Waals surface area contributed by atoms with Crippen molar-refractivity contribution in [2.45, 2.75) is 32.9 Å². The van der Waals surface area contributed by atoms with Gasteiger partial charge in [-0.3, -0.25) is 4.29 Å². The van der Waals surface area contributed by atoms with Crippen LogP contribution < -0.4 is 4.57 Å². The lowest BCUT2D eigenvalue weighted by Crippen LogP contribution is -2.31. The van der Waals surface area contributed by atoms with Crippen molar-refractivity contribution < 1.29 is 8.86 Å². The molecule has 0 aliphatic carbocycles. The smallest absolute Gasteiger partial charge is 0.244 e. The number of nitrogens with zero attached hydrogens (tertiary/aromatic N) is 2. The Balaban J connectivity index is 0.000000677. The van der Waals surface area contributed by atoms with Crippen molar-refractivity contribution in [1.82, 2.24) is 4.57 Å². The molecule has 0 N–H and O–H groups in total. The van der Waals surface area contributed by atoms with Crippen LogP contribution in [0.25, 0.3) is 6.08 Å². The summed E-state index contributed by atoms with van der Waals surface area (Å²) in [6.45, 7) is 8.03. The lowest BCUT2D eigenvalue weighted by Gasteiger charge is -1.99. The van der Waals surface area contributed by atoms with Gasteiger partial charge in [-0.2, -0.15) is 0 Å². The normalized spacial score (nSPS) is 9.86. The maximum atomic E-state index is 4.50. The molecule has 1 aromatic heterocycles. The highest BCUT2D eigenvalue weighted by molar-refractivity contribution is 6.07. The van der Waals surface area contributed by atoms with Gasteiger partial charge in [0.25, 0.3) is 0 Å². The lowest BCUT2D eigenvalue weighted by molar-refractivity contribution is -0.687. The Labute approximate surface area is 132 Å². The summed E-state index contributed by atoms with van der Waals surface area (Å²) in [5, 5.41) is 0. The molecular weight excluding hydrogens is 284 g/mol. The largest absolute Gasteiger partial charge is 0.283 e. The molecule has 0 bridgehead atoms. The summed E-state index contributed by atoms with van der Waals surface area (Å²) in [4.78, 5) is 0. The maximum Gasteiger partial charge on any atom is 0.244 e. The molecule has 0 radical (unpaired) electrons. The second kappa shape index (κ2) is 10.2. The summed E-state index contributed by atoms with van der Waals surface area (Å²) < 4.78 is 8.19. The molecule has 0 spiro atoms. The molecule has 3 nitrogen and oxygen atoms in total. The average Bonchev–Trinajstić information content (AvgIpc) is 2.94. The molecule has 0 saturated heterocycles. The van der Waals surface area contributed by atoms with Gasteiger partial charge >= 0.3 is 0 Å². The quantitative estimate of drug-likeness (QED) is 0.736. The minimum atomic E-state index is 0.927. The number of hydrogen-bond acceptors (Lipinski definition) is 1. The molecule has 114 valence electrons. The van der Waals surface area contributed by atoms with E-state index in [1.807, 2.05) is 6.08 Å². The first-order valence-electron chi connectivity index (χ1n) is 7.14. The van der Waals surface area contributed by atoms with Gasteiger partial charge in [-0.05, 0) is 17.5 Å². The van der Waals surface area contributed by atoms with Gasteiger partial charge in [0.05, 0.1) is 25.5 Å². The number of rotatable bonds is 6. The van der Waals surface area contributed by atoms with Crippen molar-refractivity contribution in [3.05, 3.63) is 60.7 Å². The minimum Gasteiger partial charge on any atom is -0.283 e. The molecule has 21 heavy (non-hydrogen) atoms. The minimum absolute atomic E-state index is 0.927. The molecular formula is C17H24ClN2O+. The van der Waals surface area contributed by atoms with Crippen LogP contribution in [0.1, 0.15) is 30.9 Å². The maximum absolute atomic E-state index is 4.50. The molecule has 0 aliphatic rings. The van der Waals surface area contributed by atoms with Crippen molar-refractivity contribution >= 4 is 17.9 Å². The summed E-state index contributed by atoms with van der Waals surface area (Å²) in [6.07, 6.45) is 10.8. The Hall–Kier alpha value is -1.58. The van der Waals surface area contributed by atoms with Crippen molar-refractivity contribution in [2.24, 2.45) is 0 Å². The molecule has 4 heteroatoms. The van der Waals surface area contributed by atoms with Crippen molar-refractivity contribution in [3.8, 4) is 0 Å². The van der Waals surface area contributed by atoms with Gasteiger partial charge in [0, 0.05) is 0 Å². The standard InChI is InChI=1S/C16H21N2.CH3ClO/c1-3-5-10-17-11-12-18(14-17)13-16-8-6-15(4-2)7-9-16;1-3-2/h4,6-9,11-12,14H,2-3,5,10,13H2,1H3;1H3/q+1;. The molecule has 1 aromatic carbocycles. The molecule has 2 aromatic rings. The number of benzene rings is 1. The molecule has 0 amide bonds. The Bertz CT molecular complexity index is 520. The van der Waals surface area contributed by atoms with Gasteiger partial charge in [0.15, 0.2) is 0 Å². The summed E-state index contributed by atoms with van der Waals surface area (Å²) in [6, 6.07) is 8.54. The fraction of sp³-hybridized carbons (Fsp3) is 0.353. The number of unbranched alkanes of at least 4 members (excludes halogenated alkanes) is 1. The van der Waals surface area contributed by atoms with Gasteiger partial charge < -0.3 is 0 Å². The third-order valence-corrected chi connectivity index (χ3v) is 3.10. The van der Waals surface area contributed by atoms with Crippen LogP contribution in [0, 0.1) is 0 Å². The topological polar surface area (TPSA) is 18.0 Å². The number of hydrogen-bond donors (Lipinski definition) is 0. The Kier molecular flexibility index (Phi) is 8.48. The zero-order chi connectivity index (χ0) is 15.5. The van der Waals surface area contributed by atoms with E-state index in [2.05, 4.69) is 81.8 Å². The van der Waals surface area contributed by atoms with E-state index in [0.717, 1.165) is 13.1 Å². The van der Waals surface area contributed by atoms with E-state index >= 15 is 0 Å². The summed E-state index contributed by atoms with van der Waals surface area (Å²) in [7, 11) is 1.39. The highest BCUT2D eigenvalue weighted by Gasteiger charge is 2.04. The van der Waals surface area contributed by atoms with Crippen LogP contribution >= 0.6 is 11.9 Å². The zero-order valence-electron chi connectivity index (χ0n) is 12.8. The first-order chi connectivity index (χ1) is 10.2. The molecule has 1 heterocycles. The van der Waals surface area contributed by atoms with E-state index in [0.29, 0.717) is 0 Å². The predicted octanol–water partition coefficient (Wildman–Crippen LogP) is 4.05. The molecule has 0 fully saturated rings. The zero-order valence-corrected chi connectivity index (χ0v) is 13.6. The monoisotopic (exact) mass is 307 g/mol. The SMILES string of the molecule is C=Cc1ccc(C[n+]2ccn(CCCC)c2)cc1.COCl. The third kappa shape index (κ3) is 6.61. The first-order valence-corrected chi connectivity index (χ1v) is 7.45. The summed E-state index contributed by atoms with van der Waals surface area (Å²) >= 11 is 4.50. The van der Waals surface area contributed by atoms with E-state index in [9.17, 15) is 0 Å². The van der Waals surface area contributed by atoms with E-state index in [1.165, 1.54) is 31.1 Å². The Morgan fingerprint density at radius 3 is 2.57 bits per heavy atom. The van der Waals surface area contributed by atoms with E-state index < -0.39 is 0 Å². The number of halogens is 1. The van der Waals surface area contributed by atoms with Crippen LogP contribution in [0.4, 0.5) is 0 Å². The number of aromatic nitrogens is 2. The highest BCUT2D eigenvalue weighted by atomic mass is 35.5. The second-order valence-corrected chi connectivity index (χ2v) is 5.09. The van der Waals surface area contributed by atoms with Crippen molar-refractivity contribution in [2.75, 3.05) is 7.11 Å². The summed E-state index contributed by atoms with van der Waals surface area (Å²) in [5.74, 6) is 0. The van der Waals surface area contributed by atoms with Gasteiger partial charge in [-0.15, -0.1) is 0 Å². The Morgan fingerprint density at radius 2 is 2.00 bits per heavy atom. The van der Waals surface area contributed by atoms with Crippen LogP contribution in [-0.4, -0.2) is 11.7 Å². The predicted molar refractivity (Wildman–Crippen MR) is 88.0 cm³/mol. The molecule has 0 saturated carbocycles. The van der Waals surface area contributed by atoms with Gasteiger partial charge in [0.1, 0.15) is 18.9 Å². The number of aryl methyl sites for hydroxylation is 1. The molecule has 0 unspecified atom stereocenters. The van der Waals surface area contributed by atoms with E-state index in [4.69, 9.17) is 0 Å². The summed E-state index contributed by atoms with van der Waals surface area (Å²) in [5.41, 5.74) is 2.49. The van der Waals surface area contributed by atoms with Gasteiger partial charge in [-0.1, -0.05) is 50.3 Å². The number of imidazole rings is 1. The molecule has 0 aliphatic heterocycles. The van der Waals surface area contributed by atoms with Gasteiger partial charge in [-0.25, -0.2) is 9.13 Å². The Morgan fingerprint density at radius 1 is 1.33 bits per heavy atom. The fourth-order valence-corrected chi connectivity index (χ4v) is 1.98. The second-order valence-electron chi connectivity index (χ2n) is 4.78. The van der Waals surface area contributed by atoms with Crippen LogP contribution in [0.3, 0.4) is 0 Å². The van der Waals surface area contributed by atoms with E-state index in [1.54, 1.807) is 0 Å². The molecule has 0 atom stereocenters. The van der Waals surface area contributed by atoms with Gasteiger partial charge in [0.2, 0.25) is 6.33 Å². The van der Waals surface area contributed by atoms with Crippen LogP contribution in [0.2, 0.25) is 0 Å². The third-order valence-electron chi connectivity index (χ3n) is 3.10. The average molecular weight is 308 g/mol. The molecule has 2 rings (SSSR count).